The monoisotopic (exact) mass is 313 g/mol. The van der Waals surface area contributed by atoms with Gasteiger partial charge in [-0.3, -0.25) is 4.79 Å². The Kier molecular flexibility index (Phi) is 4.02. The summed E-state index contributed by atoms with van der Waals surface area (Å²) in [6.45, 7) is 0. The molecule has 0 aliphatic rings. The Morgan fingerprint density at radius 1 is 1.22 bits per heavy atom. The Hall–Kier alpha value is -2.82. The summed E-state index contributed by atoms with van der Waals surface area (Å²) in [4.78, 5) is 14.5. The molecule has 2 aromatic carbocycles. The van der Waals surface area contributed by atoms with E-state index in [0.717, 1.165) is 5.56 Å². The van der Waals surface area contributed by atoms with Gasteiger partial charge >= 0.3 is 5.97 Å². The number of ether oxygens (including phenoxy) is 2. The molecule has 1 aromatic heterocycles. The molecule has 1 N–H and O–H groups in total. The number of benzene rings is 2. The third-order valence-electron chi connectivity index (χ3n) is 3.79. The molecule has 118 valence electrons. The number of halogens is 1. The molecule has 0 saturated heterocycles. The number of aromatic nitrogens is 1. The Labute approximate surface area is 132 Å². The topological polar surface area (TPSA) is 51.3 Å². The number of fused-ring (bicyclic) bond motifs is 1. The van der Waals surface area contributed by atoms with E-state index in [1.165, 1.54) is 20.3 Å². The lowest BCUT2D eigenvalue weighted by Gasteiger charge is -2.12. The number of hydrogen-bond donors (Lipinski definition) is 1. The second kappa shape index (κ2) is 6.12. The maximum Gasteiger partial charge on any atom is 0.310 e. The second-order valence-corrected chi connectivity index (χ2v) is 5.12. The number of esters is 1. The smallest absolute Gasteiger partial charge is 0.310 e. The minimum atomic E-state index is -0.393. The molecule has 0 bridgehead atoms. The van der Waals surface area contributed by atoms with E-state index in [9.17, 15) is 9.18 Å². The van der Waals surface area contributed by atoms with E-state index in [4.69, 9.17) is 9.47 Å². The van der Waals surface area contributed by atoms with Gasteiger partial charge in [0.05, 0.1) is 26.2 Å². The molecular weight excluding hydrogens is 297 g/mol. The van der Waals surface area contributed by atoms with Crippen LogP contribution in [0, 0.1) is 5.82 Å². The van der Waals surface area contributed by atoms with Crippen LogP contribution < -0.4 is 4.74 Å². The molecule has 0 aliphatic heterocycles. The van der Waals surface area contributed by atoms with E-state index >= 15 is 0 Å². The third kappa shape index (κ3) is 2.65. The summed E-state index contributed by atoms with van der Waals surface area (Å²) in [7, 11) is 2.86. The van der Waals surface area contributed by atoms with Crippen molar-refractivity contribution in [3.63, 3.8) is 0 Å². The third-order valence-corrected chi connectivity index (χ3v) is 3.79. The quantitative estimate of drug-likeness (QED) is 0.747. The van der Waals surface area contributed by atoms with E-state index in [2.05, 4.69) is 4.98 Å². The van der Waals surface area contributed by atoms with Gasteiger partial charge in [0, 0.05) is 17.1 Å². The summed E-state index contributed by atoms with van der Waals surface area (Å²) >= 11 is 0. The summed E-state index contributed by atoms with van der Waals surface area (Å²) in [6, 6.07) is 10.9. The van der Waals surface area contributed by atoms with Crippen LogP contribution in [0.2, 0.25) is 0 Å². The van der Waals surface area contributed by atoms with Gasteiger partial charge in [-0.1, -0.05) is 30.3 Å². The number of H-pyrrole nitrogens is 1. The average Bonchev–Trinajstić information content (AvgIpc) is 3.00. The van der Waals surface area contributed by atoms with Gasteiger partial charge < -0.3 is 14.5 Å². The van der Waals surface area contributed by atoms with Crippen LogP contribution in [0.25, 0.3) is 22.0 Å². The van der Waals surface area contributed by atoms with Crippen molar-refractivity contribution < 1.29 is 18.7 Å². The largest absolute Gasteiger partial charge is 0.495 e. The fraction of sp³-hybridized carbons (Fsp3) is 0.167. The SMILES string of the molecule is COC(=O)Cc1c[nH]c2c(F)cc(-c3ccccc3)c(OC)c12. The van der Waals surface area contributed by atoms with Crippen LogP contribution in [0.3, 0.4) is 0 Å². The maximum absolute atomic E-state index is 14.5. The first-order chi connectivity index (χ1) is 11.2. The zero-order chi connectivity index (χ0) is 16.4. The van der Waals surface area contributed by atoms with Gasteiger partial charge in [-0.15, -0.1) is 0 Å². The molecule has 0 spiro atoms. The van der Waals surface area contributed by atoms with Crippen LogP contribution in [-0.4, -0.2) is 25.2 Å². The highest BCUT2D eigenvalue weighted by atomic mass is 19.1. The van der Waals surface area contributed by atoms with Crippen LogP contribution in [0.4, 0.5) is 4.39 Å². The van der Waals surface area contributed by atoms with Crippen LogP contribution in [0.1, 0.15) is 5.56 Å². The minimum absolute atomic E-state index is 0.0462. The summed E-state index contributed by atoms with van der Waals surface area (Å²) in [5.41, 5.74) is 2.44. The standard InChI is InChI=1S/C18H16FNO3/c1-22-15(21)8-12-10-20-17-14(19)9-13(18(23-2)16(12)17)11-6-4-3-5-7-11/h3-7,9-10,20H,8H2,1-2H3. The molecule has 0 fully saturated rings. The molecule has 0 amide bonds. The number of carbonyl (C=O) groups is 1. The average molecular weight is 313 g/mol. The molecule has 0 atom stereocenters. The zero-order valence-corrected chi connectivity index (χ0v) is 12.9. The Morgan fingerprint density at radius 3 is 2.61 bits per heavy atom. The van der Waals surface area contributed by atoms with Crippen molar-refractivity contribution in [2.75, 3.05) is 14.2 Å². The first kappa shape index (κ1) is 15.1. The van der Waals surface area contributed by atoms with Gasteiger partial charge in [0.2, 0.25) is 0 Å². The zero-order valence-electron chi connectivity index (χ0n) is 12.9. The van der Waals surface area contributed by atoms with Crippen LogP contribution in [0.15, 0.2) is 42.6 Å². The molecule has 3 rings (SSSR count). The molecule has 0 radical (unpaired) electrons. The second-order valence-electron chi connectivity index (χ2n) is 5.12. The van der Waals surface area contributed by atoms with E-state index < -0.39 is 11.8 Å². The minimum Gasteiger partial charge on any atom is -0.495 e. The van der Waals surface area contributed by atoms with Crippen LogP contribution in [0.5, 0.6) is 5.75 Å². The fourth-order valence-corrected chi connectivity index (χ4v) is 2.72. The van der Waals surface area contributed by atoms with Gasteiger partial charge in [-0.05, 0) is 17.2 Å². The van der Waals surface area contributed by atoms with Crippen molar-refractivity contribution in [3.8, 4) is 16.9 Å². The van der Waals surface area contributed by atoms with E-state index in [1.807, 2.05) is 30.3 Å². The number of hydrogen-bond acceptors (Lipinski definition) is 3. The first-order valence-electron chi connectivity index (χ1n) is 7.14. The van der Waals surface area contributed by atoms with Crippen molar-refractivity contribution in [3.05, 3.63) is 54.0 Å². The summed E-state index contributed by atoms with van der Waals surface area (Å²) in [5, 5.41) is 0.566. The van der Waals surface area contributed by atoms with Crippen molar-refractivity contribution in [1.29, 1.82) is 0 Å². The highest BCUT2D eigenvalue weighted by Gasteiger charge is 2.20. The molecule has 0 aliphatic carbocycles. The van der Waals surface area contributed by atoms with Crippen molar-refractivity contribution in [2.24, 2.45) is 0 Å². The molecule has 0 saturated carbocycles. The lowest BCUT2D eigenvalue weighted by atomic mass is 9.99. The van der Waals surface area contributed by atoms with E-state index in [0.29, 0.717) is 27.8 Å². The number of aromatic amines is 1. The summed E-state index contributed by atoms with van der Waals surface area (Å²) in [6.07, 6.45) is 1.66. The highest BCUT2D eigenvalue weighted by molar-refractivity contribution is 5.98. The lowest BCUT2D eigenvalue weighted by Crippen LogP contribution is -2.04. The number of carbonyl (C=O) groups excluding carboxylic acids is 1. The van der Waals surface area contributed by atoms with Crippen molar-refractivity contribution >= 4 is 16.9 Å². The first-order valence-corrected chi connectivity index (χ1v) is 7.14. The summed E-state index contributed by atoms with van der Waals surface area (Å²) in [5.74, 6) is -0.248. The normalized spacial score (nSPS) is 10.7. The predicted octanol–water partition coefficient (Wildman–Crippen LogP) is 3.70. The molecule has 3 aromatic rings. The number of rotatable bonds is 4. The highest BCUT2D eigenvalue weighted by Crippen LogP contribution is 2.40. The predicted molar refractivity (Wildman–Crippen MR) is 86.0 cm³/mol. The van der Waals surface area contributed by atoms with Gasteiger partial charge in [0.1, 0.15) is 11.6 Å². The fourth-order valence-electron chi connectivity index (χ4n) is 2.72. The Bertz CT molecular complexity index is 856. The van der Waals surface area contributed by atoms with Gasteiger partial charge in [0.15, 0.2) is 0 Å². The summed E-state index contributed by atoms with van der Waals surface area (Å²) < 4.78 is 24.7. The molecule has 4 nitrogen and oxygen atoms in total. The molecular formula is C18H16FNO3. The molecule has 5 heteroatoms. The Balaban J connectivity index is 2.27. The number of nitrogens with one attached hydrogen (secondary N) is 1. The maximum atomic E-state index is 14.5. The van der Waals surface area contributed by atoms with E-state index in [1.54, 1.807) is 6.20 Å². The Morgan fingerprint density at radius 2 is 1.96 bits per heavy atom. The van der Waals surface area contributed by atoms with E-state index in [-0.39, 0.29) is 6.42 Å². The number of methoxy groups -OCH3 is 2. The van der Waals surface area contributed by atoms with Gasteiger partial charge in [0.25, 0.3) is 0 Å². The van der Waals surface area contributed by atoms with Crippen molar-refractivity contribution in [1.82, 2.24) is 4.98 Å². The molecule has 1 heterocycles. The van der Waals surface area contributed by atoms with Crippen molar-refractivity contribution in [2.45, 2.75) is 6.42 Å². The van der Waals surface area contributed by atoms with Gasteiger partial charge in [-0.2, -0.15) is 0 Å². The van der Waals surface area contributed by atoms with Crippen LogP contribution >= 0.6 is 0 Å². The lowest BCUT2D eigenvalue weighted by molar-refractivity contribution is -0.139. The van der Waals surface area contributed by atoms with Crippen LogP contribution in [-0.2, 0) is 16.0 Å². The van der Waals surface area contributed by atoms with Gasteiger partial charge in [-0.25, -0.2) is 4.39 Å². The molecule has 0 unspecified atom stereocenters. The molecule has 23 heavy (non-hydrogen) atoms.